The first kappa shape index (κ1) is 15.9. The molecule has 3 rings (SSSR count). The van der Waals surface area contributed by atoms with Gasteiger partial charge in [0.1, 0.15) is 5.76 Å². The zero-order valence-electron chi connectivity index (χ0n) is 13.9. The molecule has 1 unspecified atom stereocenters. The number of amides is 3. The zero-order chi connectivity index (χ0) is 16.4. The van der Waals surface area contributed by atoms with Gasteiger partial charge in [0.25, 0.3) is 5.91 Å². The lowest BCUT2D eigenvalue weighted by Crippen LogP contribution is -2.44. The highest BCUT2D eigenvalue weighted by molar-refractivity contribution is 5.95. The molecule has 1 N–H and O–H groups in total. The van der Waals surface area contributed by atoms with E-state index in [1.165, 1.54) is 0 Å². The number of urea groups is 1. The highest BCUT2D eigenvalue weighted by Crippen LogP contribution is 2.32. The Kier molecular flexibility index (Phi) is 4.59. The van der Waals surface area contributed by atoms with Crippen LogP contribution in [-0.4, -0.2) is 55.0 Å². The number of hydrogen-bond donors (Lipinski definition) is 1. The van der Waals surface area contributed by atoms with Gasteiger partial charge in [0, 0.05) is 33.2 Å². The van der Waals surface area contributed by atoms with Gasteiger partial charge in [-0.15, -0.1) is 0 Å². The molecule has 0 bridgehead atoms. The van der Waals surface area contributed by atoms with Crippen molar-refractivity contribution in [1.29, 1.82) is 0 Å². The van der Waals surface area contributed by atoms with Gasteiger partial charge < -0.3 is 19.5 Å². The molecule has 3 amide bonds. The molecule has 3 heterocycles. The van der Waals surface area contributed by atoms with E-state index in [0.717, 1.165) is 45.4 Å². The largest absolute Gasteiger partial charge is 0.469 e. The number of nitrogens with zero attached hydrogens (tertiary/aromatic N) is 2. The first-order valence-electron chi connectivity index (χ1n) is 8.40. The number of likely N-dealkylation sites (tertiary alicyclic amines) is 2. The van der Waals surface area contributed by atoms with E-state index in [2.05, 4.69) is 5.32 Å². The van der Waals surface area contributed by atoms with Crippen LogP contribution in [0.4, 0.5) is 4.79 Å². The lowest BCUT2D eigenvalue weighted by Gasteiger charge is -2.34. The molecule has 0 aromatic carbocycles. The van der Waals surface area contributed by atoms with Gasteiger partial charge in [-0.3, -0.25) is 4.79 Å². The van der Waals surface area contributed by atoms with Gasteiger partial charge in [0.2, 0.25) is 0 Å². The number of rotatable bonds is 2. The van der Waals surface area contributed by atoms with Crippen molar-refractivity contribution >= 4 is 11.9 Å². The number of furan rings is 1. The van der Waals surface area contributed by atoms with Gasteiger partial charge in [0.15, 0.2) is 0 Å². The Morgan fingerprint density at radius 1 is 1.13 bits per heavy atom. The first-order chi connectivity index (χ1) is 11.1. The lowest BCUT2D eigenvalue weighted by atomic mass is 9.84. The number of aryl methyl sites for hydroxylation is 1. The molecular weight excluding hydrogens is 294 g/mol. The molecule has 1 aromatic rings. The molecule has 2 fully saturated rings. The van der Waals surface area contributed by atoms with E-state index in [1.54, 1.807) is 19.4 Å². The second-order valence-electron chi connectivity index (χ2n) is 6.57. The summed E-state index contributed by atoms with van der Waals surface area (Å²) in [7, 11) is 1.67. The van der Waals surface area contributed by atoms with Gasteiger partial charge in [-0.2, -0.15) is 0 Å². The first-order valence-corrected chi connectivity index (χ1v) is 8.40. The molecule has 23 heavy (non-hydrogen) atoms. The molecule has 1 atom stereocenters. The molecule has 6 nitrogen and oxygen atoms in total. The fourth-order valence-electron chi connectivity index (χ4n) is 3.87. The third-order valence-electron chi connectivity index (χ3n) is 5.31. The van der Waals surface area contributed by atoms with Crippen LogP contribution in [0.5, 0.6) is 0 Å². The predicted octanol–water partition coefficient (Wildman–Crippen LogP) is 2.10. The van der Waals surface area contributed by atoms with Crippen molar-refractivity contribution in [2.75, 3.05) is 33.2 Å². The molecule has 0 saturated carbocycles. The third kappa shape index (κ3) is 3.21. The summed E-state index contributed by atoms with van der Waals surface area (Å²) in [6.45, 7) is 5.11. The normalized spacial score (nSPS) is 22.4. The van der Waals surface area contributed by atoms with Crippen molar-refractivity contribution in [1.82, 2.24) is 15.1 Å². The molecule has 0 radical (unpaired) electrons. The third-order valence-corrected chi connectivity index (χ3v) is 5.31. The van der Waals surface area contributed by atoms with Gasteiger partial charge in [-0.1, -0.05) is 0 Å². The molecule has 2 aliphatic rings. The van der Waals surface area contributed by atoms with Crippen LogP contribution in [-0.2, 0) is 0 Å². The standard InChI is InChI=1S/C17H25N3O3/c1-12-15(6-10-23-12)16(21)20-9-5-14(11-20)13-3-7-19(8-4-13)17(22)18-2/h6,10,13-14H,3-5,7-9,11H2,1-2H3,(H,18,22). The maximum absolute atomic E-state index is 12.5. The number of carbonyl (C=O) groups excluding carboxylic acids is 2. The highest BCUT2D eigenvalue weighted by Gasteiger charge is 2.35. The Morgan fingerprint density at radius 2 is 1.78 bits per heavy atom. The molecule has 126 valence electrons. The summed E-state index contributed by atoms with van der Waals surface area (Å²) in [6, 6.07) is 1.77. The van der Waals surface area contributed by atoms with Crippen LogP contribution in [0.25, 0.3) is 0 Å². The van der Waals surface area contributed by atoms with Crippen LogP contribution in [0.15, 0.2) is 16.7 Å². The van der Waals surface area contributed by atoms with Crippen LogP contribution >= 0.6 is 0 Å². The average Bonchev–Trinajstić information content (AvgIpc) is 3.23. The van der Waals surface area contributed by atoms with Gasteiger partial charge in [0.05, 0.1) is 11.8 Å². The molecule has 6 heteroatoms. The smallest absolute Gasteiger partial charge is 0.317 e. The fourth-order valence-corrected chi connectivity index (χ4v) is 3.87. The summed E-state index contributed by atoms with van der Waals surface area (Å²) in [5.41, 5.74) is 0.681. The van der Waals surface area contributed by atoms with Crippen molar-refractivity contribution in [2.24, 2.45) is 11.8 Å². The lowest BCUT2D eigenvalue weighted by molar-refractivity contribution is 0.0775. The summed E-state index contributed by atoms with van der Waals surface area (Å²) < 4.78 is 5.24. The number of piperidine rings is 1. The Morgan fingerprint density at radius 3 is 2.39 bits per heavy atom. The van der Waals surface area contributed by atoms with Gasteiger partial charge in [-0.05, 0) is 44.1 Å². The summed E-state index contributed by atoms with van der Waals surface area (Å²) in [4.78, 5) is 28.0. The summed E-state index contributed by atoms with van der Waals surface area (Å²) in [5, 5.41) is 2.69. The van der Waals surface area contributed by atoms with E-state index in [1.807, 2.05) is 16.7 Å². The second-order valence-corrected chi connectivity index (χ2v) is 6.57. The van der Waals surface area contributed by atoms with E-state index in [4.69, 9.17) is 4.42 Å². The monoisotopic (exact) mass is 319 g/mol. The Hall–Kier alpha value is -1.98. The molecule has 0 spiro atoms. The topological polar surface area (TPSA) is 65.8 Å². The Balaban J connectivity index is 1.54. The van der Waals surface area contributed by atoms with Crippen LogP contribution in [0.1, 0.15) is 35.4 Å². The summed E-state index contributed by atoms with van der Waals surface area (Å²) in [5.74, 6) is 1.94. The molecule has 1 aromatic heterocycles. The molecular formula is C17H25N3O3. The van der Waals surface area contributed by atoms with E-state index in [0.29, 0.717) is 23.2 Å². The summed E-state index contributed by atoms with van der Waals surface area (Å²) >= 11 is 0. The van der Waals surface area contributed by atoms with Crippen molar-refractivity contribution in [3.8, 4) is 0 Å². The Labute approximate surface area is 136 Å². The maximum Gasteiger partial charge on any atom is 0.317 e. The van der Waals surface area contributed by atoms with Gasteiger partial charge >= 0.3 is 6.03 Å². The van der Waals surface area contributed by atoms with E-state index in [-0.39, 0.29) is 11.9 Å². The number of hydrogen-bond acceptors (Lipinski definition) is 3. The van der Waals surface area contributed by atoms with E-state index < -0.39 is 0 Å². The quantitative estimate of drug-likeness (QED) is 0.908. The van der Waals surface area contributed by atoms with E-state index >= 15 is 0 Å². The van der Waals surface area contributed by atoms with Crippen LogP contribution in [0.3, 0.4) is 0 Å². The van der Waals surface area contributed by atoms with Crippen molar-refractivity contribution < 1.29 is 14.0 Å². The minimum atomic E-state index is 0.0158. The minimum Gasteiger partial charge on any atom is -0.469 e. The van der Waals surface area contributed by atoms with Crippen molar-refractivity contribution in [3.63, 3.8) is 0 Å². The van der Waals surface area contributed by atoms with Crippen LogP contribution < -0.4 is 5.32 Å². The minimum absolute atomic E-state index is 0.0158. The predicted molar refractivity (Wildman–Crippen MR) is 86.2 cm³/mol. The second kappa shape index (κ2) is 6.64. The van der Waals surface area contributed by atoms with Crippen molar-refractivity contribution in [3.05, 3.63) is 23.7 Å². The SMILES string of the molecule is CNC(=O)N1CCC(C2CCN(C(=O)c3ccoc3C)C2)CC1. The van der Waals surface area contributed by atoms with Gasteiger partial charge in [-0.25, -0.2) is 4.79 Å². The molecule has 0 aliphatic carbocycles. The maximum atomic E-state index is 12.5. The number of nitrogens with one attached hydrogen (secondary N) is 1. The molecule has 2 saturated heterocycles. The highest BCUT2D eigenvalue weighted by atomic mass is 16.3. The fraction of sp³-hybridized carbons (Fsp3) is 0.647. The van der Waals surface area contributed by atoms with E-state index in [9.17, 15) is 9.59 Å². The Bertz CT molecular complexity index is 575. The molecule has 2 aliphatic heterocycles. The average molecular weight is 319 g/mol. The zero-order valence-corrected chi connectivity index (χ0v) is 13.9. The van der Waals surface area contributed by atoms with Crippen LogP contribution in [0, 0.1) is 18.8 Å². The number of carbonyl (C=O) groups is 2. The van der Waals surface area contributed by atoms with Crippen LogP contribution in [0.2, 0.25) is 0 Å². The van der Waals surface area contributed by atoms with Crippen molar-refractivity contribution in [2.45, 2.75) is 26.2 Å². The summed E-state index contributed by atoms with van der Waals surface area (Å²) in [6.07, 6.45) is 4.70.